The Labute approximate surface area is 152 Å². The number of alkyl halides is 3. The van der Waals surface area contributed by atoms with Crippen LogP contribution in [0.5, 0.6) is 5.75 Å². The Morgan fingerprint density at radius 2 is 1.38 bits per heavy atom. The lowest BCUT2D eigenvalue weighted by atomic mass is 10.1. The molecule has 6 heteroatoms. The minimum absolute atomic E-state index is 0.552. The van der Waals surface area contributed by atoms with Gasteiger partial charge in [0.05, 0.1) is 12.7 Å². The van der Waals surface area contributed by atoms with E-state index in [2.05, 4.69) is 15.9 Å². The van der Waals surface area contributed by atoms with Crippen LogP contribution in [0.3, 0.4) is 0 Å². The van der Waals surface area contributed by atoms with Crippen molar-refractivity contribution < 1.29 is 17.9 Å². The summed E-state index contributed by atoms with van der Waals surface area (Å²) in [4.78, 5) is 4.56. The molecule has 0 radical (unpaired) electrons. The summed E-state index contributed by atoms with van der Waals surface area (Å²) in [6.07, 6.45) is -4.29. The fourth-order valence-corrected chi connectivity index (χ4v) is 3.24. The average Bonchev–Trinajstić information content (AvgIpc) is 2.63. The molecule has 140 valence electrons. The summed E-state index contributed by atoms with van der Waals surface area (Å²) >= 11 is 0. The van der Waals surface area contributed by atoms with E-state index in [-0.39, 0.29) is 0 Å². The first-order chi connectivity index (χ1) is 12.4. The first-order valence-electron chi connectivity index (χ1n) is 8.68. The summed E-state index contributed by atoms with van der Waals surface area (Å²) in [5, 5.41) is 0. The van der Waals surface area contributed by atoms with Gasteiger partial charge in [-0.05, 0) is 29.3 Å². The van der Waals surface area contributed by atoms with Crippen molar-refractivity contribution in [1.82, 2.24) is 9.80 Å². The van der Waals surface area contributed by atoms with Crippen LogP contribution in [0.25, 0.3) is 0 Å². The van der Waals surface area contributed by atoms with E-state index in [1.54, 1.807) is 13.2 Å². The van der Waals surface area contributed by atoms with Crippen molar-refractivity contribution in [3.05, 3.63) is 65.2 Å². The highest BCUT2D eigenvalue weighted by Crippen LogP contribution is 2.29. The Kier molecular flexibility index (Phi) is 5.84. The maximum atomic E-state index is 12.8. The van der Waals surface area contributed by atoms with Crippen LogP contribution < -0.4 is 4.74 Å². The number of hydrogen-bond acceptors (Lipinski definition) is 3. The standard InChI is InChI=1S/C20H23F3N2O/c1-26-19-7-3-5-17(13-19)15-25-10-8-24(9-11-25)14-16-4-2-6-18(12-16)20(21,22)23/h2-7,12-13H,8-11,14-15H2,1H3. The molecule has 2 aromatic rings. The van der Waals surface area contributed by atoms with Gasteiger partial charge in [-0.2, -0.15) is 13.2 Å². The van der Waals surface area contributed by atoms with Gasteiger partial charge in [-0.25, -0.2) is 0 Å². The van der Waals surface area contributed by atoms with Crippen LogP contribution in [0.1, 0.15) is 16.7 Å². The van der Waals surface area contributed by atoms with E-state index >= 15 is 0 Å². The van der Waals surface area contributed by atoms with Gasteiger partial charge in [-0.3, -0.25) is 9.80 Å². The van der Waals surface area contributed by atoms with E-state index in [4.69, 9.17) is 4.74 Å². The van der Waals surface area contributed by atoms with E-state index in [9.17, 15) is 13.2 Å². The van der Waals surface area contributed by atoms with Crippen LogP contribution in [0.4, 0.5) is 13.2 Å². The molecule has 0 aromatic heterocycles. The Morgan fingerprint density at radius 1 is 0.846 bits per heavy atom. The predicted octanol–water partition coefficient (Wildman–Crippen LogP) is 4.03. The van der Waals surface area contributed by atoms with Gasteiger partial charge in [0.25, 0.3) is 0 Å². The van der Waals surface area contributed by atoms with Gasteiger partial charge in [0.2, 0.25) is 0 Å². The van der Waals surface area contributed by atoms with Crippen LogP contribution in [0.15, 0.2) is 48.5 Å². The molecule has 1 aliphatic rings. The summed E-state index contributed by atoms with van der Waals surface area (Å²) in [5.74, 6) is 0.852. The van der Waals surface area contributed by atoms with Gasteiger partial charge < -0.3 is 4.74 Å². The SMILES string of the molecule is COc1cccc(CN2CCN(Cc3cccc(C(F)(F)F)c3)CC2)c1. The van der Waals surface area contributed by atoms with Crippen molar-refractivity contribution in [3.63, 3.8) is 0 Å². The van der Waals surface area contributed by atoms with Gasteiger partial charge in [0, 0.05) is 39.3 Å². The van der Waals surface area contributed by atoms with Gasteiger partial charge >= 0.3 is 6.18 Å². The van der Waals surface area contributed by atoms with Crippen LogP contribution >= 0.6 is 0 Å². The molecule has 0 atom stereocenters. The molecule has 0 unspecified atom stereocenters. The number of nitrogens with zero attached hydrogens (tertiary/aromatic N) is 2. The van der Waals surface area contributed by atoms with Crippen molar-refractivity contribution in [2.75, 3.05) is 33.3 Å². The Morgan fingerprint density at radius 3 is 1.92 bits per heavy atom. The Bertz CT molecular complexity index is 725. The molecule has 0 amide bonds. The molecule has 26 heavy (non-hydrogen) atoms. The Hall–Kier alpha value is -2.05. The topological polar surface area (TPSA) is 15.7 Å². The second kappa shape index (κ2) is 8.10. The van der Waals surface area contributed by atoms with Gasteiger partial charge in [0.1, 0.15) is 5.75 Å². The minimum atomic E-state index is -4.29. The zero-order valence-electron chi connectivity index (χ0n) is 14.8. The monoisotopic (exact) mass is 364 g/mol. The number of piperazine rings is 1. The summed E-state index contributed by atoms with van der Waals surface area (Å²) in [7, 11) is 1.66. The van der Waals surface area contributed by atoms with E-state index in [1.165, 1.54) is 17.7 Å². The third kappa shape index (κ3) is 4.99. The fourth-order valence-electron chi connectivity index (χ4n) is 3.24. The number of halogens is 3. The van der Waals surface area contributed by atoms with Crippen LogP contribution in [0.2, 0.25) is 0 Å². The number of rotatable bonds is 5. The molecular formula is C20H23F3N2O. The predicted molar refractivity (Wildman–Crippen MR) is 95.0 cm³/mol. The average molecular weight is 364 g/mol. The smallest absolute Gasteiger partial charge is 0.416 e. The van der Waals surface area contributed by atoms with Crippen molar-refractivity contribution in [3.8, 4) is 5.75 Å². The zero-order valence-corrected chi connectivity index (χ0v) is 14.8. The third-order valence-corrected chi connectivity index (χ3v) is 4.67. The lowest BCUT2D eigenvalue weighted by Gasteiger charge is -2.34. The maximum absolute atomic E-state index is 12.8. The molecule has 0 saturated carbocycles. The second-order valence-electron chi connectivity index (χ2n) is 6.60. The number of methoxy groups -OCH3 is 1. The second-order valence-corrected chi connectivity index (χ2v) is 6.60. The zero-order chi connectivity index (χ0) is 18.6. The molecule has 2 aromatic carbocycles. The molecule has 3 rings (SSSR count). The lowest BCUT2D eigenvalue weighted by molar-refractivity contribution is -0.137. The summed E-state index contributed by atoms with van der Waals surface area (Å²) in [6.45, 7) is 4.90. The quantitative estimate of drug-likeness (QED) is 0.797. The van der Waals surface area contributed by atoms with Crippen LogP contribution in [-0.4, -0.2) is 43.1 Å². The van der Waals surface area contributed by atoms with Crippen LogP contribution in [-0.2, 0) is 19.3 Å². The van der Waals surface area contributed by atoms with E-state index in [0.29, 0.717) is 12.1 Å². The van der Waals surface area contributed by atoms with Crippen LogP contribution in [0, 0.1) is 0 Å². The maximum Gasteiger partial charge on any atom is 0.416 e. The minimum Gasteiger partial charge on any atom is -0.497 e. The first-order valence-corrected chi connectivity index (χ1v) is 8.68. The summed E-state index contributed by atoms with van der Waals surface area (Å²) < 4.78 is 43.7. The number of ether oxygens (including phenoxy) is 1. The molecule has 1 saturated heterocycles. The van der Waals surface area contributed by atoms with Gasteiger partial charge in [0.15, 0.2) is 0 Å². The molecule has 0 aliphatic carbocycles. The Balaban J connectivity index is 1.52. The largest absolute Gasteiger partial charge is 0.497 e. The van der Waals surface area contributed by atoms with E-state index in [1.807, 2.05) is 18.2 Å². The molecule has 0 N–H and O–H groups in total. The third-order valence-electron chi connectivity index (χ3n) is 4.67. The van der Waals surface area contributed by atoms with Gasteiger partial charge in [-0.15, -0.1) is 0 Å². The fraction of sp³-hybridized carbons (Fsp3) is 0.400. The molecule has 0 bridgehead atoms. The van der Waals surface area contributed by atoms with Gasteiger partial charge in [-0.1, -0.05) is 30.3 Å². The number of hydrogen-bond donors (Lipinski definition) is 0. The molecule has 1 aliphatic heterocycles. The highest BCUT2D eigenvalue weighted by Gasteiger charge is 2.30. The summed E-state index contributed by atoms with van der Waals surface area (Å²) in [5.41, 5.74) is 1.34. The van der Waals surface area contributed by atoms with E-state index in [0.717, 1.165) is 44.5 Å². The number of benzene rings is 2. The first kappa shape index (κ1) is 18.7. The van der Waals surface area contributed by atoms with Crippen molar-refractivity contribution in [1.29, 1.82) is 0 Å². The van der Waals surface area contributed by atoms with Crippen molar-refractivity contribution >= 4 is 0 Å². The van der Waals surface area contributed by atoms with E-state index < -0.39 is 11.7 Å². The molecule has 3 nitrogen and oxygen atoms in total. The molecule has 1 heterocycles. The normalized spacial score (nSPS) is 16.6. The van der Waals surface area contributed by atoms with Crippen molar-refractivity contribution in [2.45, 2.75) is 19.3 Å². The lowest BCUT2D eigenvalue weighted by Crippen LogP contribution is -2.45. The highest BCUT2D eigenvalue weighted by atomic mass is 19.4. The van der Waals surface area contributed by atoms with Crippen molar-refractivity contribution in [2.24, 2.45) is 0 Å². The summed E-state index contributed by atoms with van der Waals surface area (Å²) in [6, 6.07) is 13.6. The highest BCUT2D eigenvalue weighted by molar-refractivity contribution is 5.28. The molecular weight excluding hydrogens is 341 g/mol. The molecule has 1 fully saturated rings. The molecule has 0 spiro atoms.